The smallest absolute Gasteiger partial charge is 0.162 e. The van der Waals surface area contributed by atoms with E-state index in [4.69, 9.17) is 9.92 Å². The Balaban J connectivity index is 3.26. The van der Waals surface area contributed by atoms with E-state index in [0.29, 0.717) is 11.4 Å². The van der Waals surface area contributed by atoms with Crippen LogP contribution in [0.15, 0.2) is 25.3 Å². The molecule has 1 rings (SSSR count). The molecule has 0 heterocycles. The van der Waals surface area contributed by atoms with Gasteiger partial charge in [0.2, 0.25) is 0 Å². The van der Waals surface area contributed by atoms with Crippen molar-refractivity contribution in [3.63, 3.8) is 0 Å². The summed E-state index contributed by atoms with van der Waals surface area (Å²) in [6, 6.07) is 3.73. The highest BCUT2D eigenvalue weighted by molar-refractivity contribution is 14.2. The van der Waals surface area contributed by atoms with E-state index in [1.807, 2.05) is 33.3 Å². The van der Waals surface area contributed by atoms with Gasteiger partial charge in [-0.05, 0) is 11.6 Å². The van der Waals surface area contributed by atoms with Gasteiger partial charge in [0, 0.05) is 26.8 Å². The summed E-state index contributed by atoms with van der Waals surface area (Å²) in [5.74, 6) is 0.657. The van der Waals surface area contributed by atoms with E-state index >= 15 is 0 Å². The summed E-state index contributed by atoms with van der Waals surface area (Å²) in [6.45, 7) is 7.42. The van der Waals surface area contributed by atoms with E-state index < -0.39 is 0 Å². The molecular weight excluding hydrogens is 309 g/mol. The quantitative estimate of drug-likeness (QED) is 0.519. The lowest BCUT2D eigenvalue weighted by molar-refractivity contribution is 0.660. The molecule has 0 amide bonds. The van der Waals surface area contributed by atoms with Gasteiger partial charge in [0.05, 0.1) is 5.69 Å². The van der Waals surface area contributed by atoms with Gasteiger partial charge in [-0.3, -0.25) is 0 Å². The number of rotatable bonds is 4. The highest BCUT2D eigenvalue weighted by Gasteiger charge is 2.07. The number of halogens is 1. The van der Waals surface area contributed by atoms with Crippen molar-refractivity contribution in [3.05, 3.63) is 36.4 Å². The van der Waals surface area contributed by atoms with Crippen molar-refractivity contribution in [2.75, 3.05) is 5.73 Å². The van der Waals surface area contributed by atoms with Crippen molar-refractivity contribution < 1.29 is 4.18 Å². The SMILES string of the molecule is C=Cc1ccc(OSI)c(N)c1C=C. The van der Waals surface area contributed by atoms with Crippen molar-refractivity contribution in [2.45, 2.75) is 0 Å². The minimum absolute atomic E-state index is 0.599. The van der Waals surface area contributed by atoms with Crippen LogP contribution >= 0.6 is 30.4 Å². The Morgan fingerprint density at radius 1 is 1.36 bits per heavy atom. The van der Waals surface area contributed by atoms with Crippen LogP contribution in [0.4, 0.5) is 5.69 Å². The maximum absolute atomic E-state index is 5.90. The fourth-order valence-electron chi connectivity index (χ4n) is 1.15. The topological polar surface area (TPSA) is 35.2 Å². The fourth-order valence-corrected chi connectivity index (χ4v) is 1.94. The summed E-state index contributed by atoms with van der Waals surface area (Å²) in [7, 11) is 1.23. The first-order valence-electron chi connectivity index (χ1n) is 3.87. The van der Waals surface area contributed by atoms with Crippen LogP contribution in [0.25, 0.3) is 12.2 Å². The second kappa shape index (κ2) is 5.31. The van der Waals surface area contributed by atoms with Crippen LogP contribution in [-0.4, -0.2) is 0 Å². The monoisotopic (exact) mass is 319 g/mol. The first kappa shape index (κ1) is 11.5. The third kappa shape index (κ3) is 2.24. The zero-order valence-corrected chi connectivity index (χ0v) is 10.5. The number of nitrogens with two attached hydrogens (primary N) is 1. The van der Waals surface area contributed by atoms with Crippen molar-refractivity contribution in [1.82, 2.24) is 0 Å². The fraction of sp³-hybridized carbons (Fsp3) is 0. The zero-order chi connectivity index (χ0) is 10.6. The maximum Gasteiger partial charge on any atom is 0.162 e. The number of hydrogen-bond donors (Lipinski definition) is 1. The van der Waals surface area contributed by atoms with E-state index in [1.54, 1.807) is 12.2 Å². The molecular formula is C10H10INOS. The van der Waals surface area contributed by atoms with Crippen LogP contribution in [0.5, 0.6) is 5.75 Å². The van der Waals surface area contributed by atoms with Crippen molar-refractivity contribution in [3.8, 4) is 5.75 Å². The summed E-state index contributed by atoms with van der Waals surface area (Å²) in [5, 5.41) is 0. The van der Waals surface area contributed by atoms with Gasteiger partial charge in [-0.25, -0.2) is 0 Å². The Hall–Kier alpha value is -0.620. The Bertz CT molecular complexity index is 365. The first-order chi connectivity index (χ1) is 6.74. The predicted molar refractivity (Wildman–Crippen MR) is 73.3 cm³/mol. The maximum atomic E-state index is 5.90. The van der Waals surface area contributed by atoms with Gasteiger partial charge in [-0.15, -0.1) is 0 Å². The average Bonchev–Trinajstić information content (AvgIpc) is 2.21. The van der Waals surface area contributed by atoms with Gasteiger partial charge in [0.25, 0.3) is 0 Å². The zero-order valence-electron chi connectivity index (χ0n) is 7.50. The number of benzene rings is 1. The summed E-state index contributed by atoms with van der Waals surface area (Å²) in [5.41, 5.74) is 8.32. The minimum atomic E-state index is 0.599. The standard InChI is InChI=1S/C10H10INOS/c1-3-7-5-6-9(13-14-11)10(12)8(7)4-2/h3-6H,1-2,12H2. The van der Waals surface area contributed by atoms with Crippen molar-refractivity contribution in [1.29, 1.82) is 0 Å². The molecule has 0 fully saturated rings. The van der Waals surface area contributed by atoms with Crippen LogP contribution in [0.1, 0.15) is 11.1 Å². The van der Waals surface area contributed by atoms with Gasteiger partial charge >= 0.3 is 0 Å². The third-order valence-electron chi connectivity index (χ3n) is 1.83. The Labute approximate surface area is 100 Å². The lowest BCUT2D eigenvalue weighted by Gasteiger charge is -2.09. The van der Waals surface area contributed by atoms with E-state index in [0.717, 1.165) is 11.1 Å². The van der Waals surface area contributed by atoms with Crippen molar-refractivity contribution in [2.24, 2.45) is 0 Å². The van der Waals surface area contributed by atoms with Gasteiger partial charge < -0.3 is 9.92 Å². The van der Waals surface area contributed by atoms with Gasteiger partial charge in [0.1, 0.15) is 9.21 Å². The van der Waals surface area contributed by atoms with E-state index in [9.17, 15) is 0 Å². The molecule has 4 heteroatoms. The average molecular weight is 319 g/mol. The van der Waals surface area contributed by atoms with Crippen LogP contribution in [-0.2, 0) is 0 Å². The molecule has 1 aromatic rings. The van der Waals surface area contributed by atoms with Crippen LogP contribution < -0.4 is 9.92 Å². The van der Waals surface area contributed by atoms with Crippen LogP contribution in [0.3, 0.4) is 0 Å². The number of hydrogen-bond acceptors (Lipinski definition) is 3. The lowest BCUT2D eigenvalue weighted by Crippen LogP contribution is -1.95. The van der Waals surface area contributed by atoms with E-state index in [2.05, 4.69) is 13.2 Å². The first-order valence-corrected chi connectivity index (χ1v) is 7.15. The Morgan fingerprint density at radius 3 is 2.57 bits per heavy atom. The molecule has 14 heavy (non-hydrogen) atoms. The van der Waals surface area contributed by atoms with Gasteiger partial charge in [-0.1, -0.05) is 31.4 Å². The van der Waals surface area contributed by atoms with Crippen LogP contribution in [0, 0.1) is 0 Å². The second-order valence-corrected chi connectivity index (χ2v) is 3.91. The number of nitrogen functional groups attached to an aromatic ring is 1. The Morgan fingerprint density at radius 2 is 2.07 bits per heavy atom. The summed E-state index contributed by atoms with van der Waals surface area (Å²) in [6.07, 6.45) is 3.45. The lowest BCUT2D eigenvalue weighted by atomic mass is 10.0. The molecule has 0 unspecified atom stereocenters. The van der Waals surface area contributed by atoms with Crippen molar-refractivity contribution >= 4 is 48.3 Å². The highest BCUT2D eigenvalue weighted by atomic mass is 127. The second-order valence-electron chi connectivity index (χ2n) is 2.53. The summed E-state index contributed by atoms with van der Waals surface area (Å²) >= 11 is 2.04. The van der Waals surface area contributed by atoms with Gasteiger partial charge in [0.15, 0.2) is 5.75 Å². The molecule has 74 valence electrons. The van der Waals surface area contributed by atoms with Gasteiger partial charge in [-0.2, -0.15) is 0 Å². The predicted octanol–water partition coefficient (Wildman–Crippen LogP) is 3.93. The molecule has 0 aliphatic heterocycles. The summed E-state index contributed by atoms with van der Waals surface area (Å²) < 4.78 is 5.27. The molecule has 0 aliphatic carbocycles. The molecule has 0 aromatic heterocycles. The molecule has 2 nitrogen and oxygen atoms in total. The highest BCUT2D eigenvalue weighted by Crippen LogP contribution is 2.33. The van der Waals surface area contributed by atoms with E-state index in [-0.39, 0.29) is 0 Å². The molecule has 0 spiro atoms. The molecule has 2 N–H and O–H groups in total. The third-order valence-corrected chi connectivity index (χ3v) is 2.61. The largest absolute Gasteiger partial charge is 0.413 e. The molecule has 0 bridgehead atoms. The molecule has 0 saturated heterocycles. The van der Waals surface area contributed by atoms with E-state index in [1.165, 1.54) is 9.21 Å². The van der Waals surface area contributed by atoms with Crippen LogP contribution in [0.2, 0.25) is 0 Å². The Kier molecular flexibility index (Phi) is 4.34. The number of anilines is 1. The molecule has 1 aromatic carbocycles. The molecule has 0 aliphatic rings. The normalized spacial score (nSPS) is 9.50. The molecule has 0 saturated carbocycles. The minimum Gasteiger partial charge on any atom is -0.413 e. The molecule has 0 radical (unpaired) electrons. The summed E-state index contributed by atoms with van der Waals surface area (Å²) in [4.78, 5) is 0. The molecule has 0 atom stereocenters.